The average Bonchev–Trinajstić information content (AvgIpc) is 3.08. The molecule has 0 atom stereocenters. The van der Waals surface area contributed by atoms with E-state index in [1.165, 1.54) is 0 Å². The van der Waals surface area contributed by atoms with Crippen LogP contribution in [0.1, 0.15) is 15.9 Å². The maximum Gasteiger partial charge on any atom is 0.251 e. The minimum atomic E-state index is -0.0999. The third-order valence-corrected chi connectivity index (χ3v) is 3.16. The van der Waals surface area contributed by atoms with Crippen LogP contribution < -0.4 is 5.32 Å². The number of amides is 1. The molecule has 0 saturated carbocycles. The molecule has 2 heterocycles. The standard InChI is InChI=1S/C16H14N4O/c21-16(18-9-12-4-6-17-7-5-12)14-3-1-2-13(8-14)15-10-19-20-11-15/h1-8,10-11H,9H2,(H,18,21)(H,19,20). The van der Waals surface area contributed by atoms with Gasteiger partial charge >= 0.3 is 0 Å². The molecule has 1 aromatic carbocycles. The minimum Gasteiger partial charge on any atom is -0.348 e. The number of H-pyrrole nitrogens is 1. The quantitative estimate of drug-likeness (QED) is 0.770. The average molecular weight is 278 g/mol. The lowest BCUT2D eigenvalue weighted by Gasteiger charge is -2.06. The molecular formula is C16H14N4O. The number of nitrogens with zero attached hydrogens (tertiary/aromatic N) is 2. The fraction of sp³-hybridized carbons (Fsp3) is 0.0625. The number of carbonyl (C=O) groups excluding carboxylic acids is 1. The molecule has 21 heavy (non-hydrogen) atoms. The van der Waals surface area contributed by atoms with Crippen molar-refractivity contribution in [1.29, 1.82) is 0 Å². The minimum absolute atomic E-state index is 0.0999. The van der Waals surface area contributed by atoms with Gasteiger partial charge in [-0.05, 0) is 35.4 Å². The summed E-state index contributed by atoms with van der Waals surface area (Å²) < 4.78 is 0. The van der Waals surface area contributed by atoms with Crippen LogP contribution in [0.4, 0.5) is 0 Å². The summed E-state index contributed by atoms with van der Waals surface area (Å²) in [6, 6.07) is 11.2. The molecule has 0 spiro atoms. The Morgan fingerprint density at radius 3 is 2.76 bits per heavy atom. The van der Waals surface area contributed by atoms with Crippen LogP contribution in [0, 0.1) is 0 Å². The zero-order chi connectivity index (χ0) is 14.5. The van der Waals surface area contributed by atoms with Crippen molar-refractivity contribution in [2.75, 3.05) is 0 Å². The summed E-state index contributed by atoms with van der Waals surface area (Å²) in [6.45, 7) is 0.483. The zero-order valence-electron chi connectivity index (χ0n) is 11.3. The van der Waals surface area contributed by atoms with E-state index < -0.39 is 0 Å². The van der Waals surface area contributed by atoms with Crippen LogP contribution in [0.3, 0.4) is 0 Å². The highest BCUT2D eigenvalue weighted by Crippen LogP contribution is 2.18. The number of aromatic amines is 1. The van der Waals surface area contributed by atoms with Gasteiger partial charge in [0.1, 0.15) is 0 Å². The van der Waals surface area contributed by atoms with Crippen LogP contribution >= 0.6 is 0 Å². The molecule has 1 amide bonds. The second-order valence-corrected chi connectivity index (χ2v) is 4.61. The van der Waals surface area contributed by atoms with Gasteiger partial charge in [0.25, 0.3) is 5.91 Å². The highest BCUT2D eigenvalue weighted by molar-refractivity contribution is 5.95. The second kappa shape index (κ2) is 6.00. The van der Waals surface area contributed by atoms with Crippen molar-refractivity contribution in [2.45, 2.75) is 6.54 Å². The fourth-order valence-corrected chi connectivity index (χ4v) is 2.03. The molecule has 3 aromatic rings. The Bertz CT molecular complexity index is 723. The van der Waals surface area contributed by atoms with Crippen molar-refractivity contribution in [3.8, 4) is 11.1 Å². The number of carbonyl (C=O) groups is 1. The Morgan fingerprint density at radius 2 is 2.00 bits per heavy atom. The maximum atomic E-state index is 12.2. The van der Waals surface area contributed by atoms with Gasteiger partial charge in [0.15, 0.2) is 0 Å². The number of aromatic nitrogens is 3. The van der Waals surface area contributed by atoms with Gasteiger partial charge in [-0.25, -0.2) is 0 Å². The lowest BCUT2D eigenvalue weighted by molar-refractivity contribution is 0.0951. The van der Waals surface area contributed by atoms with Gasteiger partial charge in [-0.1, -0.05) is 12.1 Å². The predicted octanol–water partition coefficient (Wildman–Crippen LogP) is 2.40. The van der Waals surface area contributed by atoms with Gasteiger partial charge in [0.2, 0.25) is 0 Å². The van der Waals surface area contributed by atoms with E-state index in [1.807, 2.05) is 30.3 Å². The van der Waals surface area contributed by atoms with Gasteiger partial charge in [-0.15, -0.1) is 0 Å². The molecule has 0 saturated heterocycles. The smallest absolute Gasteiger partial charge is 0.251 e. The molecule has 5 heteroatoms. The molecule has 2 aromatic heterocycles. The first-order valence-electron chi connectivity index (χ1n) is 6.59. The topological polar surface area (TPSA) is 70.7 Å². The maximum absolute atomic E-state index is 12.2. The Balaban J connectivity index is 1.72. The van der Waals surface area contributed by atoms with Crippen LogP contribution in [-0.2, 0) is 6.54 Å². The molecule has 104 valence electrons. The van der Waals surface area contributed by atoms with E-state index in [4.69, 9.17) is 0 Å². The van der Waals surface area contributed by atoms with Gasteiger partial charge in [-0.2, -0.15) is 5.10 Å². The fourth-order valence-electron chi connectivity index (χ4n) is 2.03. The molecule has 0 aliphatic heterocycles. The molecule has 0 aliphatic carbocycles. The Hall–Kier alpha value is -2.95. The Kier molecular flexibility index (Phi) is 3.73. The van der Waals surface area contributed by atoms with Gasteiger partial charge < -0.3 is 5.32 Å². The number of nitrogens with one attached hydrogen (secondary N) is 2. The van der Waals surface area contributed by atoms with Gasteiger partial charge in [-0.3, -0.25) is 14.9 Å². The van der Waals surface area contributed by atoms with E-state index in [0.29, 0.717) is 12.1 Å². The SMILES string of the molecule is O=C(NCc1ccncc1)c1cccc(-c2cn[nH]c2)c1. The lowest BCUT2D eigenvalue weighted by atomic mass is 10.1. The second-order valence-electron chi connectivity index (χ2n) is 4.61. The summed E-state index contributed by atoms with van der Waals surface area (Å²) >= 11 is 0. The molecule has 0 fully saturated rings. The highest BCUT2D eigenvalue weighted by atomic mass is 16.1. The molecule has 0 bridgehead atoms. The van der Waals surface area contributed by atoms with Crippen LogP contribution in [0.5, 0.6) is 0 Å². The first kappa shape index (κ1) is 13.1. The summed E-state index contributed by atoms with van der Waals surface area (Å²) in [5.74, 6) is -0.0999. The summed E-state index contributed by atoms with van der Waals surface area (Å²) in [5.41, 5.74) is 3.56. The third kappa shape index (κ3) is 3.14. The van der Waals surface area contributed by atoms with Crippen molar-refractivity contribution < 1.29 is 4.79 Å². The normalized spacial score (nSPS) is 10.3. The summed E-state index contributed by atoms with van der Waals surface area (Å²) in [5, 5.41) is 9.58. The van der Waals surface area contributed by atoms with Gasteiger partial charge in [0, 0.05) is 36.3 Å². The van der Waals surface area contributed by atoms with Crippen molar-refractivity contribution in [3.05, 3.63) is 72.3 Å². The molecule has 2 N–H and O–H groups in total. The van der Waals surface area contributed by atoms with Gasteiger partial charge in [0.05, 0.1) is 6.20 Å². The molecular weight excluding hydrogens is 264 g/mol. The Morgan fingerprint density at radius 1 is 1.14 bits per heavy atom. The van der Waals surface area contributed by atoms with Crippen molar-refractivity contribution >= 4 is 5.91 Å². The van der Waals surface area contributed by atoms with E-state index in [2.05, 4.69) is 20.5 Å². The van der Waals surface area contributed by atoms with Crippen LogP contribution in [0.15, 0.2) is 61.2 Å². The first-order valence-corrected chi connectivity index (χ1v) is 6.59. The number of pyridine rings is 1. The summed E-state index contributed by atoms with van der Waals surface area (Å²) in [7, 11) is 0. The number of hydrogen-bond donors (Lipinski definition) is 2. The van der Waals surface area contributed by atoms with E-state index in [-0.39, 0.29) is 5.91 Å². The van der Waals surface area contributed by atoms with E-state index in [1.54, 1.807) is 30.9 Å². The highest BCUT2D eigenvalue weighted by Gasteiger charge is 2.07. The van der Waals surface area contributed by atoms with Crippen molar-refractivity contribution in [3.63, 3.8) is 0 Å². The first-order chi connectivity index (χ1) is 10.3. The third-order valence-electron chi connectivity index (χ3n) is 3.16. The molecule has 0 radical (unpaired) electrons. The number of benzene rings is 1. The predicted molar refractivity (Wildman–Crippen MR) is 79.4 cm³/mol. The van der Waals surface area contributed by atoms with Crippen LogP contribution in [0.25, 0.3) is 11.1 Å². The van der Waals surface area contributed by atoms with E-state index in [0.717, 1.165) is 16.7 Å². The molecule has 0 aliphatic rings. The zero-order valence-corrected chi connectivity index (χ0v) is 11.3. The monoisotopic (exact) mass is 278 g/mol. The van der Waals surface area contributed by atoms with E-state index in [9.17, 15) is 4.79 Å². The van der Waals surface area contributed by atoms with Crippen molar-refractivity contribution in [1.82, 2.24) is 20.5 Å². The van der Waals surface area contributed by atoms with Crippen LogP contribution in [0.2, 0.25) is 0 Å². The Labute approximate surface area is 122 Å². The number of rotatable bonds is 4. The molecule has 0 unspecified atom stereocenters. The molecule has 3 rings (SSSR count). The molecule has 5 nitrogen and oxygen atoms in total. The van der Waals surface area contributed by atoms with Crippen molar-refractivity contribution in [2.24, 2.45) is 0 Å². The van der Waals surface area contributed by atoms with E-state index >= 15 is 0 Å². The van der Waals surface area contributed by atoms with Crippen LogP contribution in [-0.4, -0.2) is 21.1 Å². The lowest BCUT2D eigenvalue weighted by Crippen LogP contribution is -2.22. The number of hydrogen-bond acceptors (Lipinski definition) is 3. The summed E-state index contributed by atoms with van der Waals surface area (Å²) in [4.78, 5) is 16.1. The largest absolute Gasteiger partial charge is 0.348 e. The summed E-state index contributed by atoms with van der Waals surface area (Å²) in [6.07, 6.45) is 6.95.